The molecule has 2 amide bonds. The number of aliphatic carboxylic acids is 1. The normalized spacial score (nSPS) is 24.5. The molecule has 19 heavy (non-hydrogen) atoms. The topological polar surface area (TPSA) is 98.7 Å². The van der Waals surface area contributed by atoms with E-state index >= 15 is 0 Å². The van der Waals surface area contributed by atoms with Crippen molar-refractivity contribution in [2.24, 2.45) is 0 Å². The molecule has 0 aliphatic heterocycles. The third-order valence-corrected chi connectivity index (χ3v) is 3.89. The molecule has 0 unspecified atom stereocenters. The van der Waals surface area contributed by atoms with Crippen molar-refractivity contribution in [2.75, 3.05) is 12.0 Å². The fourth-order valence-electron chi connectivity index (χ4n) is 2.10. The Morgan fingerprint density at radius 3 is 2.47 bits per heavy atom. The van der Waals surface area contributed by atoms with Gasteiger partial charge < -0.3 is 20.8 Å². The van der Waals surface area contributed by atoms with Crippen molar-refractivity contribution in [2.45, 2.75) is 50.3 Å². The van der Waals surface area contributed by atoms with Gasteiger partial charge >= 0.3 is 12.0 Å². The van der Waals surface area contributed by atoms with Crippen molar-refractivity contribution in [3.8, 4) is 0 Å². The number of carbonyl (C=O) groups excluding carboxylic acids is 1. The molecule has 1 aliphatic carbocycles. The summed E-state index contributed by atoms with van der Waals surface area (Å²) in [5.41, 5.74) is 0. The molecule has 0 aromatic carbocycles. The molecule has 110 valence electrons. The van der Waals surface area contributed by atoms with Gasteiger partial charge in [-0.1, -0.05) is 0 Å². The van der Waals surface area contributed by atoms with E-state index in [-0.39, 0.29) is 12.1 Å². The van der Waals surface area contributed by atoms with Crippen LogP contribution in [0.25, 0.3) is 0 Å². The van der Waals surface area contributed by atoms with E-state index in [0.717, 1.165) is 12.8 Å². The number of carbonyl (C=O) groups is 2. The number of rotatable bonds is 6. The van der Waals surface area contributed by atoms with Gasteiger partial charge in [-0.15, -0.1) is 0 Å². The highest BCUT2D eigenvalue weighted by molar-refractivity contribution is 7.98. The molecule has 0 heterocycles. The lowest BCUT2D eigenvalue weighted by atomic mass is 9.93. The van der Waals surface area contributed by atoms with Gasteiger partial charge in [0.2, 0.25) is 0 Å². The summed E-state index contributed by atoms with van der Waals surface area (Å²) in [4.78, 5) is 22.7. The number of amides is 2. The maximum absolute atomic E-state index is 11.7. The minimum Gasteiger partial charge on any atom is -0.480 e. The zero-order valence-corrected chi connectivity index (χ0v) is 11.9. The SMILES string of the molecule is CSCC[C@@H](NC(=O)NC1CCC(O)CC1)C(=O)O. The van der Waals surface area contributed by atoms with E-state index in [9.17, 15) is 14.7 Å². The summed E-state index contributed by atoms with van der Waals surface area (Å²) in [6, 6.07) is -1.25. The second kappa shape index (κ2) is 8.27. The Labute approximate surface area is 117 Å². The molecule has 6 nitrogen and oxygen atoms in total. The number of carboxylic acid groups (broad SMARTS) is 1. The van der Waals surface area contributed by atoms with Crippen LogP contribution in [0.1, 0.15) is 32.1 Å². The zero-order valence-electron chi connectivity index (χ0n) is 11.1. The average molecular weight is 290 g/mol. The Hall–Kier alpha value is -0.950. The van der Waals surface area contributed by atoms with Crippen LogP contribution >= 0.6 is 11.8 Å². The van der Waals surface area contributed by atoms with E-state index in [1.165, 1.54) is 0 Å². The van der Waals surface area contributed by atoms with Crippen molar-refractivity contribution in [1.29, 1.82) is 0 Å². The zero-order chi connectivity index (χ0) is 14.3. The lowest BCUT2D eigenvalue weighted by Gasteiger charge is -2.26. The molecule has 1 rings (SSSR count). The van der Waals surface area contributed by atoms with Crippen molar-refractivity contribution < 1.29 is 19.8 Å². The number of aliphatic hydroxyl groups excluding tert-OH is 1. The van der Waals surface area contributed by atoms with Gasteiger partial charge in [-0.25, -0.2) is 9.59 Å². The van der Waals surface area contributed by atoms with E-state index in [4.69, 9.17) is 5.11 Å². The van der Waals surface area contributed by atoms with Gasteiger partial charge in [0, 0.05) is 6.04 Å². The second-order valence-electron chi connectivity index (χ2n) is 4.80. The first-order valence-corrected chi connectivity index (χ1v) is 7.89. The van der Waals surface area contributed by atoms with Crippen LogP contribution in [0.5, 0.6) is 0 Å². The monoisotopic (exact) mass is 290 g/mol. The van der Waals surface area contributed by atoms with E-state index < -0.39 is 18.0 Å². The van der Waals surface area contributed by atoms with Crippen molar-refractivity contribution in [1.82, 2.24) is 10.6 Å². The molecule has 0 bridgehead atoms. The molecule has 0 aromatic rings. The fourth-order valence-corrected chi connectivity index (χ4v) is 2.57. The summed E-state index contributed by atoms with van der Waals surface area (Å²) in [6.07, 6.45) is 4.86. The molecule has 1 atom stereocenters. The standard InChI is InChI=1S/C12H22N2O4S/c1-19-7-6-10(11(16)17)14-12(18)13-8-2-4-9(15)5-3-8/h8-10,15H,2-7H2,1H3,(H,16,17)(H2,13,14,18)/t8?,9?,10-/m1/s1. The smallest absolute Gasteiger partial charge is 0.326 e. The summed E-state index contributed by atoms with van der Waals surface area (Å²) in [5, 5.41) is 23.6. The first-order chi connectivity index (χ1) is 9.02. The van der Waals surface area contributed by atoms with Gasteiger partial charge in [0.1, 0.15) is 6.04 Å². The number of hydrogen-bond acceptors (Lipinski definition) is 4. The number of carboxylic acids is 1. The summed E-state index contributed by atoms with van der Waals surface area (Å²) in [5.74, 6) is -0.323. The first-order valence-electron chi connectivity index (χ1n) is 6.49. The van der Waals surface area contributed by atoms with Crippen LogP contribution in [0, 0.1) is 0 Å². The Morgan fingerprint density at radius 1 is 1.32 bits per heavy atom. The lowest BCUT2D eigenvalue weighted by Crippen LogP contribution is -2.50. The minimum absolute atomic E-state index is 0.0263. The molecule has 1 saturated carbocycles. The second-order valence-corrected chi connectivity index (χ2v) is 5.78. The summed E-state index contributed by atoms with van der Waals surface area (Å²) in [6.45, 7) is 0. The average Bonchev–Trinajstić information content (AvgIpc) is 2.37. The van der Waals surface area contributed by atoms with Crippen LogP contribution in [-0.2, 0) is 4.79 Å². The lowest BCUT2D eigenvalue weighted by molar-refractivity contribution is -0.139. The molecular weight excluding hydrogens is 268 g/mol. The molecule has 0 aromatic heterocycles. The number of urea groups is 1. The van der Waals surface area contributed by atoms with Crippen LogP contribution in [0.4, 0.5) is 4.79 Å². The maximum atomic E-state index is 11.7. The largest absolute Gasteiger partial charge is 0.480 e. The highest BCUT2D eigenvalue weighted by Crippen LogP contribution is 2.18. The van der Waals surface area contributed by atoms with E-state index in [2.05, 4.69) is 10.6 Å². The number of nitrogens with one attached hydrogen (secondary N) is 2. The van der Waals surface area contributed by atoms with Crippen LogP contribution in [0.15, 0.2) is 0 Å². The van der Waals surface area contributed by atoms with Gasteiger partial charge in [0.15, 0.2) is 0 Å². The quantitative estimate of drug-likeness (QED) is 0.580. The van der Waals surface area contributed by atoms with Crippen LogP contribution in [0.2, 0.25) is 0 Å². The Bertz CT molecular complexity index is 306. The van der Waals surface area contributed by atoms with Gasteiger partial charge in [0.05, 0.1) is 6.10 Å². The van der Waals surface area contributed by atoms with Crippen molar-refractivity contribution in [3.05, 3.63) is 0 Å². The fraction of sp³-hybridized carbons (Fsp3) is 0.833. The van der Waals surface area contributed by atoms with Gasteiger partial charge in [-0.3, -0.25) is 0 Å². The third-order valence-electron chi connectivity index (χ3n) is 3.25. The molecule has 1 fully saturated rings. The summed E-state index contributed by atoms with van der Waals surface area (Å²) in [7, 11) is 0. The molecular formula is C12H22N2O4S. The number of thioether (sulfide) groups is 1. The Morgan fingerprint density at radius 2 is 1.95 bits per heavy atom. The predicted octanol–water partition coefficient (Wildman–Crippen LogP) is 0.795. The van der Waals surface area contributed by atoms with Gasteiger partial charge in [0.25, 0.3) is 0 Å². The summed E-state index contributed by atoms with van der Waals surface area (Å²) < 4.78 is 0. The van der Waals surface area contributed by atoms with Gasteiger partial charge in [-0.2, -0.15) is 11.8 Å². The number of aliphatic hydroxyl groups is 1. The van der Waals surface area contributed by atoms with Crippen LogP contribution in [0.3, 0.4) is 0 Å². The van der Waals surface area contributed by atoms with Crippen molar-refractivity contribution >= 4 is 23.8 Å². The molecule has 0 saturated heterocycles. The van der Waals surface area contributed by atoms with E-state index in [1.807, 2.05) is 6.26 Å². The molecule has 7 heteroatoms. The van der Waals surface area contributed by atoms with Gasteiger partial charge in [-0.05, 0) is 44.1 Å². The summed E-state index contributed by atoms with van der Waals surface area (Å²) >= 11 is 1.55. The highest BCUT2D eigenvalue weighted by atomic mass is 32.2. The van der Waals surface area contributed by atoms with Crippen LogP contribution < -0.4 is 10.6 Å². The van der Waals surface area contributed by atoms with E-state index in [0.29, 0.717) is 25.0 Å². The third kappa shape index (κ3) is 6.15. The van der Waals surface area contributed by atoms with E-state index in [1.54, 1.807) is 11.8 Å². The van der Waals surface area contributed by atoms with Crippen molar-refractivity contribution in [3.63, 3.8) is 0 Å². The Balaban J connectivity index is 2.33. The number of hydrogen-bond donors (Lipinski definition) is 4. The minimum atomic E-state index is -1.01. The first kappa shape index (κ1) is 16.1. The molecule has 1 aliphatic rings. The molecule has 0 spiro atoms. The van der Waals surface area contributed by atoms with Crippen LogP contribution in [-0.4, -0.2) is 52.4 Å². The molecule has 4 N–H and O–H groups in total. The highest BCUT2D eigenvalue weighted by Gasteiger charge is 2.23. The Kier molecular flexibility index (Phi) is 7.01. The predicted molar refractivity (Wildman–Crippen MR) is 74.4 cm³/mol. The maximum Gasteiger partial charge on any atom is 0.326 e. The molecule has 0 radical (unpaired) electrons.